The van der Waals surface area contributed by atoms with E-state index in [1.807, 2.05) is 25.1 Å². The molecule has 0 saturated carbocycles. The zero-order valence-corrected chi connectivity index (χ0v) is 13.3. The maximum absolute atomic E-state index is 9.45. The molecule has 21 heavy (non-hydrogen) atoms. The minimum absolute atomic E-state index is 0.0914. The Morgan fingerprint density at radius 1 is 1.33 bits per heavy atom. The van der Waals surface area contributed by atoms with Crippen molar-refractivity contribution in [3.8, 4) is 5.75 Å². The van der Waals surface area contributed by atoms with Gasteiger partial charge in [0.1, 0.15) is 12.3 Å². The third-order valence-electron chi connectivity index (χ3n) is 2.67. The lowest BCUT2D eigenvalue weighted by Gasteiger charge is -2.02. The number of hydrogen-bond acceptors (Lipinski definition) is 6. The minimum Gasteiger partial charge on any atom is -0.726 e. The quantitative estimate of drug-likeness (QED) is 0.482. The van der Waals surface area contributed by atoms with Gasteiger partial charge in [0.15, 0.2) is 0 Å². The summed E-state index contributed by atoms with van der Waals surface area (Å²) in [6.45, 7) is 6.31. The molecule has 0 aliphatic carbocycles. The van der Waals surface area contributed by atoms with E-state index in [4.69, 9.17) is 9.15 Å². The average Bonchev–Trinajstić information content (AvgIpc) is 2.72. The van der Waals surface area contributed by atoms with Gasteiger partial charge in [-0.2, -0.15) is 4.57 Å². The van der Waals surface area contributed by atoms with Gasteiger partial charge in [0.05, 0.1) is 26.7 Å². The van der Waals surface area contributed by atoms with E-state index in [-0.39, 0.29) is 6.61 Å². The molecule has 8 heteroatoms. The Balaban J connectivity index is 0.000000270. The Bertz CT molecular complexity index is 692. The molecule has 2 aromatic rings. The van der Waals surface area contributed by atoms with Gasteiger partial charge in [-0.3, -0.25) is 4.18 Å². The molecule has 0 N–H and O–H groups in total. The van der Waals surface area contributed by atoms with E-state index in [1.54, 1.807) is 7.11 Å². The van der Waals surface area contributed by atoms with E-state index in [9.17, 15) is 13.0 Å². The number of fused-ring (bicyclic) bond motifs is 1. The van der Waals surface area contributed by atoms with Crippen LogP contribution >= 0.6 is 0 Å². The molecule has 0 bridgehead atoms. The number of nitrogens with zero attached hydrogens (tertiary/aromatic N) is 1. The Morgan fingerprint density at radius 3 is 2.43 bits per heavy atom. The molecule has 0 radical (unpaired) electrons. The molecule has 0 saturated heterocycles. The smallest absolute Gasteiger partial charge is 0.344 e. The third-order valence-corrected chi connectivity index (χ3v) is 3.20. The standard InChI is InChI=1S/C11H14NO2.C2H6O4S/c1-4-12-8(2)14-11-6-5-9(13-3)7-10(11)12;1-2-6-7(3,4)5/h5-7H,4H2,1-3H3;2H2,1H3,(H,3,4,5)/q+1;/p-1. The van der Waals surface area contributed by atoms with Gasteiger partial charge in [-0.15, -0.1) is 0 Å². The number of methoxy groups -OCH3 is 1. The first kappa shape index (κ1) is 17.4. The largest absolute Gasteiger partial charge is 0.726 e. The topological polar surface area (TPSA) is 92.7 Å². The van der Waals surface area contributed by atoms with Crippen LogP contribution in [0.1, 0.15) is 19.7 Å². The number of ether oxygens (including phenoxy) is 1. The zero-order valence-electron chi connectivity index (χ0n) is 12.5. The summed E-state index contributed by atoms with van der Waals surface area (Å²) in [4.78, 5) is 0. The SMILES string of the molecule is CCOS(=O)(=O)[O-].CC[n+]1c(C)oc2ccc(OC)cc21. The zero-order chi connectivity index (χ0) is 16.0. The summed E-state index contributed by atoms with van der Waals surface area (Å²) in [6.07, 6.45) is 0. The van der Waals surface area contributed by atoms with E-state index in [0.29, 0.717) is 0 Å². The van der Waals surface area contributed by atoms with Crippen molar-refractivity contribution in [2.24, 2.45) is 0 Å². The highest BCUT2D eigenvalue weighted by Crippen LogP contribution is 2.19. The Labute approximate surface area is 124 Å². The number of benzene rings is 1. The summed E-state index contributed by atoms with van der Waals surface area (Å²) in [5.41, 5.74) is 1.99. The Morgan fingerprint density at radius 2 is 2.00 bits per heavy atom. The van der Waals surface area contributed by atoms with Crippen LogP contribution in [0.15, 0.2) is 22.6 Å². The second-order valence-electron chi connectivity index (χ2n) is 4.01. The molecule has 0 spiro atoms. The number of aryl methyl sites for hydroxylation is 2. The number of oxazole rings is 1. The van der Waals surface area contributed by atoms with Crippen LogP contribution in [0.5, 0.6) is 5.75 Å². The van der Waals surface area contributed by atoms with Gasteiger partial charge in [0.2, 0.25) is 16.0 Å². The van der Waals surface area contributed by atoms with Crippen molar-refractivity contribution in [1.82, 2.24) is 0 Å². The van der Waals surface area contributed by atoms with Gasteiger partial charge in [-0.1, -0.05) is 0 Å². The molecular weight excluding hydrogens is 298 g/mol. The molecule has 1 aromatic heterocycles. The lowest BCUT2D eigenvalue weighted by Crippen LogP contribution is -2.33. The molecular formula is C13H19NO6S. The lowest BCUT2D eigenvalue weighted by atomic mass is 10.3. The maximum Gasteiger partial charge on any atom is 0.344 e. The van der Waals surface area contributed by atoms with E-state index >= 15 is 0 Å². The highest BCUT2D eigenvalue weighted by Gasteiger charge is 2.17. The number of rotatable bonds is 4. The van der Waals surface area contributed by atoms with Crippen LogP contribution in [-0.4, -0.2) is 26.7 Å². The molecule has 0 atom stereocenters. The number of aromatic nitrogens is 1. The predicted octanol–water partition coefficient (Wildman–Crippen LogP) is 1.54. The fourth-order valence-electron chi connectivity index (χ4n) is 1.84. The molecule has 0 amide bonds. The van der Waals surface area contributed by atoms with Crippen LogP contribution in [0.4, 0.5) is 0 Å². The van der Waals surface area contributed by atoms with Crippen LogP contribution in [0.2, 0.25) is 0 Å². The second-order valence-corrected chi connectivity index (χ2v) is 5.07. The summed E-state index contributed by atoms with van der Waals surface area (Å²) in [6, 6.07) is 5.84. The van der Waals surface area contributed by atoms with Crippen LogP contribution in [-0.2, 0) is 21.1 Å². The van der Waals surface area contributed by atoms with Crippen LogP contribution in [0.25, 0.3) is 11.1 Å². The molecule has 7 nitrogen and oxygen atoms in total. The highest BCUT2D eigenvalue weighted by atomic mass is 32.3. The molecule has 2 rings (SSSR count). The fourth-order valence-corrected chi connectivity index (χ4v) is 2.13. The van der Waals surface area contributed by atoms with E-state index < -0.39 is 10.4 Å². The molecule has 1 aromatic carbocycles. The maximum atomic E-state index is 9.45. The summed E-state index contributed by atoms with van der Waals surface area (Å²) >= 11 is 0. The van der Waals surface area contributed by atoms with Gasteiger partial charge >= 0.3 is 5.89 Å². The van der Waals surface area contributed by atoms with Gasteiger partial charge in [0.25, 0.3) is 5.52 Å². The van der Waals surface area contributed by atoms with Gasteiger partial charge in [-0.05, 0) is 26.0 Å². The summed E-state index contributed by atoms with van der Waals surface area (Å²) < 4.78 is 44.9. The van der Waals surface area contributed by atoms with Crippen LogP contribution in [0, 0.1) is 6.92 Å². The van der Waals surface area contributed by atoms with Gasteiger partial charge in [-0.25, -0.2) is 8.42 Å². The first-order valence-corrected chi connectivity index (χ1v) is 7.72. The van der Waals surface area contributed by atoms with Crippen molar-refractivity contribution >= 4 is 21.5 Å². The third kappa shape index (κ3) is 5.00. The molecule has 118 valence electrons. The Kier molecular flexibility index (Phi) is 6.13. The van der Waals surface area contributed by atoms with Gasteiger partial charge < -0.3 is 13.7 Å². The monoisotopic (exact) mass is 317 g/mol. The van der Waals surface area contributed by atoms with Crippen molar-refractivity contribution in [2.45, 2.75) is 27.3 Å². The van der Waals surface area contributed by atoms with Crippen molar-refractivity contribution in [2.75, 3.05) is 13.7 Å². The second kappa shape index (κ2) is 7.39. The first-order chi connectivity index (χ1) is 9.82. The minimum atomic E-state index is -4.42. The first-order valence-electron chi connectivity index (χ1n) is 6.39. The summed E-state index contributed by atoms with van der Waals surface area (Å²) in [7, 11) is -2.75. The molecule has 0 aliphatic heterocycles. The van der Waals surface area contributed by atoms with E-state index in [0.717, 1.165) is 29.3 Å². The highest BCUT2D eigenvalue weighted by molar-refractivity contribution is 7.80. The van der Waals surface area contributed by atoms with E-state index in [2.05, 4.69) is 15.7 Å². The van der Waals surface area contributed by atoms with Crippen LogP contribution < -0.4 is 9.30 Å². The van der Waals surface area contributed by atoms with Crippen molar-refractivity contribution < 1.29 is 30.9 Å². The summed E-state index contributed by atoms with van der Waals surface area (Å²) in [5, 5.41) is 0. The predicted molar refractivity (Wildman–Crippen MR) is 74.7 cm³/mol. The average molecular weight is 317 g/mol. The van der Waals surface area contributed by atoms with Crippen molar-refractivity contribution in [1.29, 1.82) is 0 Å². The van der Waals surface area contributed by atoms with Gasteiger partial charge in [0, 0.05) is 0 Å². The van der Waals surface area contributed by atoms with Crippen molar-refractivity contribution in [3.05, 3.63) is 24.1 Å². The fraction of sp³-hybridized carbons (Fsp3) is 0.462. The van der Waals surface area contributed by atoms with Crippen LogP contribution in [0.3, 0.4) is 0 Å². The van der Waals surface area contributed by atoms with Crippen molar-refractivity contribution in [3.63, 3.8) is 0 Å². The summed E-state index contributed by atoms with van der Waals surface area (Å²) in [5.74, 6) is 1.79. The normalized spacial score (nSPS) is 11.1. The Hall–Kier alpha value is -1.64. The molecule has 0 aliphatic rings. The number of hydrogen-bond donors (Lipinski definition) is 0. The van der Waals surface area contributed by atoms with E-state index in [1.165, 1.54) is 6.92 Å². The molecule has 0 fully saturated rings. The lowest BCUT2D eigenvalue weighted by molar-refractivity contribution is -0.679. The molecule has 0 unspecified atom stereocenters. The molecule has 1 heterocycles.